The maximum absolute atomic E-state index is 5.21. The van der Waals surface area contributed by atoms with Gasteiger partial charge < -0.3 is 5.73 Å². The summed E-state index contributed by atoms with van der Waals surface area (Å²) in [6, 6.07) is 0. The van der Waals surface area contributed by atoms with E-state index >= 15 is 0 Å². The van der Waals surface area contributed by atoms with Gasteiger partial charge in [0.2, 0.25) is 0 Å². The summed E-state index contributed by atoms with van der Waals surface area (Å²) < 4.78 is 0. The van der Waals surface area contributed by atoms with Crippen LogP contribution >= 0.6 is 0 Å². The van der Waals surface area contributed by atoms with Gasteiger partial charge in [-0.15, -0.1) is 0 Å². The van der Waals surface area contributed by atoms with E-state index in [-0.39, 0.29) is 0 Å². The molecule has 0 radical (unpaired) electrons. The van der Waals surface area contributed by atoms with Gasteiger partial charge in [0.05, 0.1) is 0 Å². The van der Waals surface area contributed by atoms with Crippen LogP contribution in [0.5, 0.6) is 0 Å². The van der Waals surface area contributed by atoms with Crippen LogP contribution in [-0.2, 0) is 0 Å². The van der Waals surface area contributed by atoms with E-state index in [4.69, 9.17) is 5.73 Å². The quantitative estimate of drug-likeness (QED) is 0.610. The number of nitrogens with two attached hydrogens (primary N) is 1. The van der Waals surface area contributed by atoms with E-state index in [9.17, 15) is 0 Å². The second kappa shape index (κ2) is 36.2. The third-order valence-electron chi connectivity index (χ3n) is 0.808. The molecule has 1 heteroatoms. The molecule has 0 bridgehead atoms. The molecule has 0 aromatic carbocycles. The van der Waals surface area contributed by atoms with Crippen molar-refractivity contribution in [3.8, 4) is 0 Å². The van der Waals surface area contributed by atoms with Gasteiger partial charge in [-0.25, -0.2) is 0 Å². The molecular weight excluding hydrogens is 122 g/mol. The Hall–Kier alpha value is -0.0400. The molecule has 0 saturated heterocycles. The fourth-order valence-corrected chi connectivity index (χ4v) is 0.394. The normalized spacial score (nSPS) is 6.60. The van der Waals surface area contributed by atoms with E-state index in [0.717, 1.165) is 6.54 Å². The molecule has 0 aliphatic rings. The van der Waals surface area contributed by atoms with Crippen LogP contribution in [0.3, 0.4) is 0 Å². The molecule has 0 rings (SSSR count). The van der Waals surface area contributed by atoms with Crippen LogP contribution in [-0.4, -0.2) is 6.54 Å². The predicted octanol–water partition coefficient (Wildman–Crippen LogP) is 3.19. The molecule has 0 fully saturated rings. The summed E-state index contributed by atoms with van der Waals surface area (Å²) >= 11 is 0. The van der Waals surface area contributed by atoms with Crippen molar-refractivity contribution in [1.82, 2.24) is 0 Å². The zero-order chi connectivity index (χ0) is 8.83. The number of unbranched alkanes of at least 4 members (excludes halogenated alkanes) is 2. The molecule has 0 unspecified atom stereocenters. The first-order chi connectivity index (χ1) is 4.91. The Kier molecular flexibility index (Phi) is 59.8. The van der Waals surface area contributed by atoms with Crippen molar-refractivity contribution in [2.24, 2.45) is 5.73 Å². The third kappa shape index (κ3) is 44.0. The first-order valence-corrected chi connectivity index (χ1v) is 4.62. The topological polar surface area (TPSA) is 26.0 Å². The van der Waals surface area contributed by atoms with Crippen molar-refractivity contribution >= 4 is 0 Å². The van der Waals surface area contributed by atoms with Crippen LogP contribution in [0.2, 0.25) is 0 Å². The highest BCUT2D eigenvalue weighted by molar-refractivity contribution is 4.34. The molecule has 0 heterocycles. The fourth-order valence-electron chi connectivity index (χ4n) is 0.394. The van der Waals surface area contributed by atoms with Crippen LogP contribution in [0.15, 0.2) is 0 Å². The van der Waals surface area contributed by atoms with Gasteiger partial charge in [-0.2, -0.15) is 0 Å². The first kappa shape index (κ1) is 16.5. The summed E-state index contributed by atoms with van der Waals surface area (Å²) in [4.78, 5) is 0. The van der Waals surface area contributed by atoms with Crippen molar-refractivity contribution in [2.75, 3.05) is 6.54 Å². The highest BCUT2D eigenvalue weighted by atomic mass is 14.5. The smallest absolute Gasteiger partial charge is 0.00773 e. The van der Waals surface area contributed by atoms with E-state index in [1.165, 1.54) is 19.3 Å². The summed E-state index contributed by atoms with van der Waals surface area (Å²) in [5, 5.41) is 0. The lowest BCUT2D eigenvalue weighted by atomic mass is 10.3. The lowest BCUT2D eigenvalue weighted by molar-refractivity contribution is 0.727. The van der Waals surface area contributed by atoms with E-state index in [1.807, 2.05) is 27.7 Å². The standard InChI is InChI=1S/C5H13N.2C2H6/c1-2-3-4-5-6;2*1-2/h2-6H2,1H3;2*1-2H3. The zero-order valence-electron chi connectivity index (χ0n) is 8.41. The molecule has 0 aliphatic heterocycles. The number of hydrogen-bond donors (Lipinski definition) is 1. The molecule has 0 amide bonds. The molecule has 0 saturated carbocycles. The molecule has 66 valence electrons. The van der Waals surface area contributed by atoms with Gasteiger partial charge in [-0.3, -0.25) is 0 Å². The van der Waals surface area contributed by atoms with Crippen molar-refractivity contribution in [3.63, 3.8) is 0 Å². The first-order valence-electron chi connectivity index (χ1n) is 4.62. The minimum absolute atomic E-state index is 0.855. The van der Waals surface area contributed by atoms with Gasteiger partial charge in [0, 0.05) is 0 Å². The molecule has 0 aliphatic carbocycles. The van der Waals surface area contributed by atoms with Crippen molar-refractivity contribution in [2.45, 2.75) is 53.9 Å². The Morgan fingerprint density at radius 3 is 1.40 bits per heavy atom. The molecule has 0 spiro atoms. The average molecular weight is 147 g/mol. The van der Waals surface area contributed by atoms with Crippen LogP contribution in [0, 0.1) is 0 Å². The van der Waals surface area contributed by atoms with E-state index in [0.29, 0.717) is 0 Å². The minimum Gasteiger partial charge on any atom is -0.330 e. The third-order valence-corrected chi connectivity index (χ3v) is 0.808. The van der Waals surface area contributed by atoms with Gasteiger partial charge in [-0.05, 0) is 13.0 Å². The van der Waals surface area contributed by atoms with Gasteiger partial charge >= 0.3 is 0 Å². The Balaban J connectivity index is -0.000000105. The summed E-state index contributed by atoms with van der Waals surface area (Å²) in [6.45, 7) is 11.0. The molecule has 2 N–H and O–H groups in total. The van der Waals surface area contributed by atoms with Crippen LogP contribution in [0.25, 0.3) is 0 Å². The Bertz CT molecular complexity index is 16.7. The highest BCUT2D eigenvalue weighted by Gasteiger charge is 1.75. The molecular formula is C9H25N. The summed E-state index contributed by atoms with van der Waals surface area (Å²) in [7, 11) is 0. The lowest BCUT2D eigenvalue weighted by Gasteiger charge is -1.86. The van der Waals surface area contributed by atoms with Crippen molar-refractivity contribution in [3.05, 3.63) is 0 Å². The zero-order valence-corrected chi connectivity index (χ0v) is 8.41. The molecule has 0 atom stereocenters. The van der Waals surface area contributed by atoms with Crippen LogP contribution < -0.4 is 5.73 Å². The Morgan fingerprint density at radius 1 is 0.900 bits per heavy atom. The minimum atomic E-state index is 0.855. The summed E-state index contributed by atoms with van der Waals surface area (Å²) in [6.07, 6.45) is 3.75. The lowest BCUT2D eigenvalue weighted by Crippen LogP contribution is -1.96. The maximum Gasteiger partial charge on any atom is -0.00773 e. The summed E-state index contributed by atoms with van der Waals surface area (Å²) in [5.74, 6) is 0. The largest absolute Gasteiger partial charge is 0.330 e. The van der Waals surface area contributed by atoms with E-state index < -0.39 is 0 Å². The number of hydrogen-bond acceptors (Lipinski definition) is 1. The van der Waals surface area contributed by atoms with Gasteiger partial charge in [0.25, 0.3) is 0 Å². The monoisotopic (exact) mass is 147 g/mol. The van der Waals surface area contributed by atoms with Crippen molar-refractivity contribution < 1.29 is 0 Å². The van der Waals surface area contributed by atoms with Gasteiger partial charge in [-0.1, -0.05) is 47.5 Å². The highest BCUT2D eigenvalue weighted by Crippen LogP contribution is 1.88. The molecule has 0 aromatic rings. The van der Waals surface area contributed by atoms with Gasteiger partial charge in [0.1, 0.15) is 0 Å². The SMILES string of the molecule is CC.CC.CCCCCN. The number of rotatable bonds is 3. The second-order valence-electron chi connectivity index (χ2n) is 1.50. The fraction of sp³-hybridized carbons (Fsp3) is 1.00. The molecule has 0 aromatic heterocycles. The van der Waals surface area contributed by atoms with E-state index in [2.05, 4.69) is 6.92 Å². The van der Waals surface area contributed by atoms with E-state index in [1.54, 1.807) is 0 Å². The van der Waals surface area contributed by atoms with Gasteiger partial charge in [0.15, 0.2) is 0 Å². The van der Waals surface area contributed by atoms with Crippen LogP contribution in [0.1, 0.15) is 53.9 Å². The molecule has 1 nitrogen and oxygen atoms in total. The average Bonchev–Trinajstić information content (AvgIpc) is 2.08. The van der Waals surface area contributed by atoms with Crippen LogP contribution in [0.4, 0.5) is 0 Å². The summed E-state index contributed by atoms with van der Waals surface area (Å²) in [5.41, 5.74) is 5.21. The molecule has 10 heavy (non-hydrogen) atoms. The second-order valence-corrected chi connectivity index (χ2v) is 1.50. The van der Waals surface area contributed by atoms with Crippen molar-refractivity contribution in [1.29, 1.82) is 0 Å². The Morgan fingerprint density at radius 2 is 1.30 bits per heavy atom. The Labute approximate surface area is 67.0 Å². The maximum atomic E-state index is 5.21. The predicted molar refractivity (Wildman–Crippen MR) is 51.3 cm³/mol.